The number of nitrogens with zero attached hydrogens (tertiary/aromatic N) is 1. The van der Waals surface area contributed by atoms with Crippen molar-refractivity contribution < 1.29 is 8.42 Å². The van der Waals surface area contributed by atoms with E-state index in [1.807, 2.05) is 11.4 Å². The first-order valence-electron chi connectivity index (χ1n) is 5.96. The smallest absolute Gasteiger partial charge is 0.243 e. The molecule has 0 atom stereocenters. The van der Waals surface area contributed by atoms with Crippen LogP contribution in [0.1, 0.15) is 11.1 Å². The van der Waals surface area contributed by atoms with Gasteiger partial charge in [-0.1, -0.05) is 11.6 Å². The van der Waals surface area contributed by atoms with Crippen molar-refractivity contribution in [1.82, 2.24) is 4.31 Å². The van der Waals surface area contributed by atoms with Crippen molar-refractivity contribution in [2.45, 2.75) is 18.4 Å². The lowest BCUT2D eigenvalue weighted by Gasteiger charge is -2.17. The minimum Gasteiger partial charge on any atom is -0.397 e. The molecular weight excluding hydrogens is 396 g/mol. The van der Waals surface area contributed by atoms with Crippen molar-refractivity contribution in [2.75, 3.05) is 12.8 Å². The Kier molecular flexibility index (Phi) is 4.99. The Morgan fingerprint density at radius 2 is 2.05 bits per heavy atom. The largest absolute Gasteiger partial charge is 0.397 e. The number of nitrogens with two attached hydrogens (primary N) is 1. The summed E-state index contributed by atoms with van der Waals surface area (Å²) in [6.07, 6.45) is 0. The zero-order valence-corrected chi connectivity index (χ0v) is 15.4. The maximum absolute atomic E-state index is 12.6. The summed E-state index contributed by atoms with van der Waals surface area (Å²) >= 11 is 10.9. The van der Waals surface area contributed by atoms with E-state index in [1.54, 1.807) is 14.0 Å². The summed E-state index contributed by atoms with van der Waals surface area (Å²) in [5.41, 5.74) is 7.59. The second-order valence-electron chi connectivity index (χ2n) is 4.66. The molecular formula is C13H14BrClN2O2S2. The number of aryl methyl sites for hydroxylation is 1. The van der Waals surface area contributed by atoms with Crippen LogP contribution in [0.5, 0.6) is 0 Å². The van der Waals surface area contributed by atoms with E-state index >= 15 is 0 Å². The average molecular weight is 410 g/mol. The van der Waals surface area contributed by atoms with Crippen LogP contribution < -0.4 is 5.73 Å². The number of rotatable bonds is 4. The molecule has 0 bridgehead atoms. The lowest BCUT2D eigenvalue weighted by molar-refractivity contribution is 0.467. The second kappa shape index (κ2) is 6.26. The second-order valence-corrected chi connectivity index (χ2v) is 9.38. The fraction of sp³-hybridized carbons (Fsp3) is 0.231. The summed E-state index contributed by atoms with van der Waals surface area (Å²) in [5.74, 6) is 0. The van der Waals surface area contributed by atoms with Crippen LogP contribution in [0.4, 0.5) is 5.69 Å². The van der Waals surface area contributed by atoms with Crippen LogP contribution in [0.2, 0.25) is 5.02 Å². The molecule has 0 saturated carbocycles. The third-order valence-electron chi connectivity index (χ3n) is 2.99. The summed E-state index contributed by atoms with van der Waals surface area (Å²) in [6.45, 7) is 2.03. The minimum absolute atomic E-state index is 0.152. The van der Waals surface area contributed by atoms with Gasteiger partial charge in [0, 0.05) is 13.6 Å². The highest BCUT2D eigenvalue weighted by atomic mass is 79.9. The fourth-order valence-electron chi connectivity index (χ4n) is 1.86. The molecule has 2 N–H and O–H groups in total. The highest BCUT2D eigenvalue weighted by Gasteiger charge is 2.22. The van der Waals surface area contributed by atoms with E-state index in [9.17, 15) is 8.42 Å². The Hall–Kier alpha value is -0.600. The van der Waals surface area contributed by atoms with Crippen LogP contribution in [-0.2, 0) is 16.6 Å². The van der Waals surface area contributed by atoms with E-state index in [0.717, 1.165) is 9.35 Å². The highest BCUT2D eigenvalue weighted by molar-refractivity contribution is 9.11. The maximum Gasteiger partial charge on any atom is 0.243 e. The van der Waals surface area contributed by atoms with Gasteiger partial charge < -0.3 is 5.73 Å². The lowest BCUT2D eigenvalue weighted by atomic mass is 10.2. The van der Waals surface area contributed by atoms with Crippen molar-refractivity contribution in [3.8, 4) is 0 Å². The van der Waals surface area contributed by atoms with Crippen LogP contribution in [0.15, 0.2) is 32.3 Å². The van der Waals surface area contributed by atoms with Crippen LogP contribution in [0, 0.1) is 6.92 Å². The van der Waals surface area contributed by atoms with E-state index in [1.165, 1.54) is 27.8 Å². The number of nitrogen functional groups attached to an aromatic ring is 1. The van der Waals surface area contributed by atoms with Crippen molar-refractivity contribution >= 4 is 54.6 Å². The van der Waals surface area contributed by atoms with Gasteiger partial charge in [-0.2, -0.15) is 4.31 Å². The molecule has 1 heterocycles. The first-order valence-corrected chi connectivity index (χ1v) is 9.45. The van der Waals surface area contributed by atoms with Gasteiger partial charge in [0.1, 0.15) is 0 Å². The molecule has 0 amide bonds. The first-order chi connectivity index (χ1) is 9.71. The number of thiophene rings is 1. The summed E-state index contributed by atoms with van der Waals surface area (Å²) in [5, 5.41) is 2.30. The van der Waals surface area contributed by atoms with Gasteiger partial charge in [-0.3, -0.25) is 0 Å². The molecule has 1 aromatic heterocycles. The van der Waals surface area contributed by atoms with E-state index in [0.29, 0.717) is 17.1 Å². The fourth-order valence-corrected chi connectivity index (χ4v) is 4.45. The first kappa shape index (κ1) is 16.8. The van der Waals surface area contributed by atoms with Crippen LogP contribution in [-0.4, -0.2) is 19.8 Å². The molecule has 1 aromatic carbocycles. The third kappa shape index (κ3) is 3.60. The normalized spacial score (nSPS) is 12.0. The summed E-state index contributed by atoms with van der Waals surface area (Å²) in [4.78, 5) is 0.152. The molecule has 0 aliphatic heterocycles. The summed E-state index contributed by atoms with van der Waals surface area (Å²) < 4.78 is 27.4. The predicted molar refractivity (Wildman–Crippen MR) is 91.3 cm³/mol. The predicted octanol–water partition coefficient (Wildman–Crippen LogP) is 3.88. The molecule has 0 fully saturated rings. The molecule has 0 radical (unpaired) electrons. The Labute approximate surface area is 141 Å². The van der Waals surface area contributed by atoms with Crippen molar-refractivity contribution in [3.63, 3.8) is 0 Å². The monoisotopic (exact) mass is 408 g/mol. The third-order valence-corrected chi connectivity index (χ3v) is 6.84. The Morgan fingerprint density at radius 3 is 2.57 bits per heavy atom. The molecule has 0 aliphatic rings. The highest BCUT2D eigenvalue weighted by Crippen LogP contribution is 2.29. The van der Waals surface area contributed by atoms with E-state index < -0.39 is 10.0 Å². The molecule has 2 rings (SSSR count). The van der Waals surface area contributed by atoms with E-state index in [4.69, 9.17) is 17.3 Å². The van der Waals surface area contributed by atoms with Gasteiger partial charge in [-0.15, -0.1) is 11.3 Å². The van der Waals surface area contributed by atoms with Crippen molar-refractivity contribution in [1.29, 1.82) is 0 Å². The average Bonchev–Trinajstić information content (AvgIpc) is 2.80. The Morgan fingerprint density at radius 1 is 1.38 bits per heavy atom. The van der Waals surface area contributed by atoms with Gasteiger partial charge in [0.05, 0.1) is 19.4 Å². The van der Waals surface area contributed by atoms with Crippen LogP contribution in [0.3, 0.4) is 0 Å². The Bertz CT molecular complexity index is 751. The summed E-state index contributed by atoms with van der Waals surface area (Å²) in [6, 6.07) is 4.83. The molecule has 0 spiro atoms. The van der Waals surface area contributed by atoms with Gasteiger partial charge in [-0.05, 0) is 57.6 Å². The van der Waals surface area contributed by atoms with Gasteiger partial charge >= 0.3 is 0 Å². The quantitative estimate of drug-likeness (QED) is 0.780. The zero-order valence-electron chi connectivity index (χ0n) is 11.4. The topological polar surface area (TPSA) is 63.4 Å². The molecule has 2 aromatic rings. The minimum atomic E-state index is -3.61. The number of anilines is 1. The van der Waals surface area contributed by atoms with Crippen molar-refractivity contribution in [2.24, 2.45) is 0 Å². The number of hydrogen-bond acceptors (Lipinski definition) is 4. The SMILES string of the molecule is Cc1cc(S(=O)(=O)N(C)Cc2csc(Br)c2)cc(N)c1Cl. The van der Waals surface area contributed by atoms with E-state index in [2.05, 4.69) is 15.9 Å². The molecule has 0 saturated heterocycles. The molecule has 0 aliphatic carbocycles. The van der Waals surface area contributed by atoms with Gasteiger partial charge in [0.25, 0.3) is 0 Å². The maximum atomic E-state index is 12.6. The van der Waals surface area contributed by atoms with Crippen molar-refractivity contribution in [3.05, 3.63) is 43.5 Å². The molecule has 4 nitrogen and oxygen atoms in total. The molecule has 114 valence electrons. The van der Waals surface area contributed by atoms with Crippen LogP contribution in [0.25, 0.3) is 0 Å². The van der Waals surface area contributed by atoms with E-state index in [-0.39, 0.29) is 10.6 Å². The Balaban J connectivity index is 2.33. The molecule has 8 heteroatoms. The van der Waals surface area contributed by atoms with Gasteiger partial charge in [0.15, 0.2) is 0 Å². The zero-order chi connectivity index (χ0) is 15.8. The van der Waals surface area contributed by atoms with Gasteiger partial charge in [0.2, 0.25) is 10.0 Å². The number of sulfonamides is 1. The molecule has 21 heavy (non-hydrogen) atoms. The summed E-state index contributed by atoms with van der Waals surface area (Å²) in [7, 11) is -2.06. The number of benzene rings is 1. The van der Waals surface area contributed by atoms with Crippen LogP contribution >= 0.6 is 38.9 Å². The number of halogens is 2. The lowest BCUT2D eigenvalue weighted by Crippen LogP contribution is -2.26. The van der Waals surface area contributed by atoms with Gasteiger partial charge in [-0.25, -0.2) is 8.42 Å². The standard InChI is InChI=1S/C13H14BrClN2O2S2/c1-8-3-10(5-11(16)13(8)15)21(18,19)17(2)6-9-4-12(14)20-7-9/h3-5,7H,6,16H2,1-2H3. The number of hydrogen-bond donors (Lipinski definition) is 1. The molecule has 0 unspecified atom stereocenters.